The summed E-state index contributed by atoms with van der Waals surface area (Å²) in [5, 5.41) is 6.64. The maximum atomic E-state index is 4.42. The smallest absolute Gasteiger partial charge is 0.191 e. The van der Waals surface area contributed by atoms with Crippen molar-refractivity contribution in [1.29, 1.82) is 0 Å². The van der Waals surface area contributed by atoms with Crippen molar-refractivity contribution in [2.75, 3.05) is 32.1 Å². The Morgan fingerprint density at radius 1 is 1.39 bits per heavy atom. The van der Waals surface area contributed by atoms with Crippen LogP contribution in [0, 0.1) is 6.92 Å². The Morgan fingerprint density at radius 3 is 2.89 bits per heavy atom. The number of rotatable bonds is 3. The molecule has 2 rings (SSSR count). The van der Waals surface area contributed by atoms with Gasteiger partial charge in [-0.25, -0.2) is 0 Å². The first-order chi connectivity index (χ1) is 8.66. The van der Waals surface area contributed by atoms with Crippen LogP contribution in [0.3, 0.4) is 0 Å². The lowest BCUT2D eigenvalue weighted by atomic mass is 10.1. The molecule has 0 saturated carbocycles. The second-order valence-corrected chi connectivity index (χ2v) is 4.89. The van der Waals surface area contributed by atoms with E-state index in [1.54, 1.807) is 0 Å². The zero-order valence-electron chi connectivity index (χ0n) is 11.5. The van der Waals surface area contributed by atoms with Crippen molar-refractivity contribution in [1.82, 2.24) is 10.6 Å². The fraction of sp³-hybridized carbons (Fsp3) is 0.500. The molecule has 1 aromatic rings. The predicted octanol–water partition coefficient (Wildman–Crippen LogP) is 1.50. The van der Waals surface area contributed by atoms with Gasteiger partial charge in [0.1, 0.15) is 0 Å². The molecule has 18 heavy (non-hydrogen) atoms. The van der Waals surface area contributed by atoms with Gasteiger partial charge in [-0.3, -0.25) is 4.99 Å². The number of nitrogens with zero attached hydrogens (tertiary/aromatic N) is 2. The van der Waals surface area contributed by atoms with Crippen LogP contribution in [0.25, 0.3) is 0 Å². The van der Waals surface area contributed by atoms with Crippen LogP contribution in [0.1, 0.15) is 17.5 Å². The normalized spacial score (nSPS) is 14.7. The lowest BCUT2D eigenvalue weighted by molar-refractivity contribution is 0.702. The van der Waals surface area contributed by atoms with Gasteiger partial charge >= 0.3 is 0 Å². The zero-order valence-corrected chi connectivity index (χ0v) is 11.5. The highest BCUT2D eigenvalue weighted by Gasteiger charge is 2.07. The number of benzene rings is 1. The molecule has 0 atom stereocenters. The maximum Gasteiger partial charge on any atom is 0.191 e. The predicted molar refractivity (Wildman–Crippen MR) is 77.3 cm³/mol. The van der Waals surface area contributed by atoms with E-state index >= 15 is 0 Å². The Balaban J connectivity index is 2.06. The number of hydrogen-bond acceptors (Lipinski definition) is 4. The SMILES string of the molecule is Cc1ccc(CNC2=NCCCN2)c(N(C)C)c1. The highest BCUT2D eigenvalue weighted by atomic mass is 15.2. The molecule has 0 fully saturated rings. The van der Waals surface area contributed by atoms with Crippen LogP contribution in [0.15, 0.2) is 23.2 Å². The minimum Gasteiger partial charge on any atom is -0.377 e. The largest absolute Gasteiger partial charge is 0.377 e. The number of nitrogens with one attached hydrogen (secondary N) is 2. The van der Waals surface area contributed by atoms with Crippen molar-refractivity contribution < 1.29 is 0 Å². The summed E-state index contributed by atoms with van der Waals surface area (Å²) in [7, 11) is 4.16. The van der Waals surface area contributed by atoms with E-state index in [0.717, 1.165) is 32.0 Å². The van der Waals surface area contributed by atoms with Crippen LogP contribution in [-0.2, 0) is 6.54 Å². The first kappa shape index (κ1) is 12.7. The van der Waals surface area contributed by atoms with Gasteiger partial charge in [0.05, 0.1) is 0 Å². The molecule has 1 aliphatic heterocycles. The lowest BCUT2D eigenvalue weighted by Gasteiger charge is -2.20. The Labute approximate surface area is 109 Å². The van der Waals surface area contributed by atoms with Crippen molar-refractivity contribution in [3.8, 4) is 0 Å². The first-order valence-electron chi connectivity index (χ1n) is 6.46. The number of anilines is 1. The molecule has 0 aliphatic carbocycles. The molecule has 0 unspecified atom stereocenters. The lowest BCUT2D eigenvalue weighted by Crippen LogP contribution is -2.40. The molecule has 1 heterocycles. The van der Waals surface area contributed by atoms with Gasteiger partial charge in [-0.05, 0) is 30.5 Å². The number of hydrogen-bond donors (Lipinski definition) is 2. The summed E-state index contributed by atoms with van der Waals surface area (Å²) >= 11 is 0. The molecule has 0 radical (unpaired) electrons. The molecular formula is C14H22N4. The van der Waals surface area contributed by atoms with Crippen molar-refractivity contribution in [2.24, 2.45) is 4.99 Å². The van der Waals surface area contributed by atoms with E-state index in [1.165, 1.54) is 16.8 Å². The molecule has 1 aromatic carbocycles. The molecule has 0 saturated heterocycles. The van der Waals surface area contributed by atoms with Crippen LogP contribution in [-0.4, -0.2) is 33.1 Å². The number of guanidine groups is 1. The quantitative estimate of drug-likeness (QED) is 0.849. The Bertz CT molecular complexity index is 437. The highest BCUT2D eigenvalue weighted by molar-refractivity contribution is 5.80. The number of aryl methyl sites for hydroxylation is 1. The van der Waals surface area contributed by atoms with Gasteiger partial charge in [0, 0.05) is 39.4 Å². The van der Waals surface area contributed by atoms with Crippen LogP contribution in [0.4, 0.5) is 5.69 Å². The van der Waals surface area contributed by atoms with Crippen LogP contribution >= 0.6 is 0 Å². The fourth-order valence-electron chi connectivity index (χ4n) is 2.07. The molecule has 2 N–H and O–H groups in total. The fourth-order valence-corrected chi connectivity index (χ4v) is 2.07. The molecule has 98 valence electrons. The van der Waals surface area contributed by atoms with Gasteiger partial charge in [0.2, 0.25) is 0 Å². The van der Waals surface area contributed by atoms with E-state index in [4.69, 9.17) is 0 Å². The Morgan fingerprint density at radius 2 is 2.22 bits per heavy atom. The van der Waals surface area contributed by atoms with Crippen molar-refractivity contribution in [2.45, 2.75) is 19.9 Å². The van der Waals surface area contributed by atoms with Gasteiger partial charge in [-0.2, -0.15) is 0 Å². The van der Waals surface area contributed by atoms with Crippen molar-refractivity contribution in [3.63, 3.8) is 0 Å². The summed E-state index contributed by atoms with van der Waals surface area (Å²) in [5.41, 5.74) is 3.84. The first-order valence-corrected chi connectivity index (χ1v) is 6.46. The molecule has 4 heteroatoms. The average Bonchev–Trinajstić information content (AvgIpc) is 2.38. The van der Waals surface area contributed by atoms with Crippen LogP contribution in [0.2, 0.25) is 0 Å². The molecule has 4 nitrogen and oxygen atoms in total. The molecule has 1 aliphatic rings. The van der Waals surface area contributed by atoms with E-state index in [2.05, 4.69) is 59.7 Å². The topological polar surface area (TPSA) is 39.7 Å². The van der Waals surface area contributed by atoms with Gasteiger partial charge in [-0.1, -0.05) is 12.1 Å². The summed E-state index contributed by atoms with van der Waals surface area (Å²) in [6, 6.07) is 6.55. The molecule has 0 amide bonds. The van der Waals surface area contributed by atoms with Gasteiger partial charge in [0.25, 0.3) is 0 Å². The van der Waals surface area contributed by atoms with Gasteiger partial charge in [-0.15, -0.1) is 0 Å². The second-order valence-electron chi connectivity index (χ2n) is 4.89. The summed E-state index contributed by atoms with van der Waals surface area (Å²) < 4.78 is 0. The van der Waals surface area contributed by atoms with Gasteiger partial charge < -0.3 is 15.5 Å². The minimum atomic E-state index is 0.805. The summed E-state index contributed by atoms with van der Waals surface area (Å²) in [4.78, 5) is 6.57. The highest BCUT2D eigenvalue weighted by Crippen LogP contribution is 2.20. The molecule has 0 aromatic heterocycles. The van der Waals surface area contributed by atoms with E-state index in [-0.39, 0.29) is 0 Å². The van der Waals surface area contributed by atoms with Gasteiger partial charge in [0.15, 0.2) is 5.96 Å². The van der Waals surface area contributed by atoms with Crippen molar-refractivity contribution in [3.05, 3.63) is 29.3 Å². The standard InChI is InChI=1S/C14H22N4/c1-11-5-6-12(13(9-11)18(2)3)10-17-14-15-7-4-8-16-14/h5-6,9H,4,7-8,10H2,1-3H3,(H2,15,16,17). The third-order valence-corrected chi connectivity index (χ3v) is 3.07. The monoisotopic (exact) mass is 246 g/mol. The van der Waals surface area contributed by atoms with E-state index in [0.29, 0.717) is 0 Å². The second kappa shape index (κ2) is 5.76. The summed E-state index contributed by atoms with van der Waals surface area (Å²) in [5.74, 6) is 0.923. The maximum absolute atomic E-state index is 4.42. The third kappa shape index (κ3) is 3.15. The van der Waals surface area contributed by atoms with Crippen LogP contribution in [0.5, 0.6) is 0 Å². The van der Waals surface area contributed by atoms with Crippen molar-refractivity contribution >= 4 is 11.6 Å². The molecule has 0 spiro atoms. The van der Waals surface area contributed by atoms with Crippen LogP contribution < -0.4 is 15.5 Å². The summed E-state index contributed by atoms with van der Waals surface area (Å²) in [6.45, 7) is 4.86. The number of aliphatic imine (C=N–C) groups is 1. The average molecular weight is 246 g/mol. The van der Waals surface area contributed by atoms with E-state index in [1.807, 2.05) is 0 Å². The zero-order chi connectivity index (χ0) is 13.0. The molecule has 0 bridgehead atoms. The summed E-state index contributed by atoms with van der Waals surface area (Å²) in [6.07, 6.45) is 1.12. The Hall–Kier alpha value is -1.71. The molecular weight excluding hydrogens is 224 g/mol. The Kier molecular flexibility index (Phi) is 4.07. The minimum absolute atomic E-state index is 0.805. The van der Waals surface area contributed by atoms with E-state index in [9.17, 15) is 0 Å². The van der Waals surface area contributed by atoms with E-state index < -0.39 is 0 Å². The third-order valence-electron chi connectivity index (χ3n) is 3.07.